The molecule has 2 N–H and O–H groups in total. The molecular weight excluding hydrogens is 252 g/mol. The molecule has 0 aromatic carbocycles. The molecule has 1 aromatic rings. The topological polar surface area (TPSA) is 41.1 Å². The van der Waals surface area contributed by atoms with E-state index in [0.29, 0.717) is 0 Å². The van der Waals surface area contributed by atoms with Crippen molar-refractivity contribution in [3.8, 4) is 0 Å². The van der Waals surface area contributed by atoms with E-state index in [0.717, 1.165) is 36.6 Å². The van der Waals surface area contributed by atoms with Crippen LogP contribution in [0.3, 0.4) is 0 Å². The molecule has 17 heavy (non-hydrogen) atoms. The molecule has 0 radical (unpaired) electrons. The summed E-state index contributed by atoms with van der Waals surface area (Å²) in [5.74, 6) is 2.35. The molecule has 1 aromatic heterocycles. The molecule has 0 spiro atoms. The lowest BCUT2D eigenvalue weighted by molar-refractivity contribution is 0.0957. The highest BCUT2D eigenvalue weighted by Gasteiger charge is 2.16. The summed E-state index contributed by atoms with van der Waals surface area (Å²) in [6.07, 6.45) is 2.10. The van der Waals surface area contributed by atoms with Gasteiger partial charge in [-0.1, -0.05) is 0 Å². The smallest absolute Gasteiger partial charge is 0.261 e. The number of rotatable bonds is 5. The highest BCUT2D eigenvalue weighted by Crippen LogP contribution is 2.31. The Labute approximate surface area is 110 Å². The first kappa shape index (κ1) is 12.9. The van der Waals surface area contributed by atoms with Crippen molar-refractivity contribution in [2.75, 3.05) is 25.9 Å². The Kier molecular flexibility index (Phi) is 4.88. The molecule has 0 atom stereocenters. The molecular formula is C12H18N2OS2. The first-order chi connectivity index (χ1) is 8.31. The number of carbonyl (C=O) groups is 1. The van der Waals surface area contributed by atoms with E-state index in [2.05, 4.69) is 16.7 Å². The molecule has 1 amide bonds. The van der Waals surface area contributed by atoms with E-state index in [1.165, 1.54) is 16.2 Å². The Morgan fingerprint density at radius 2 is 2.35 bits per heavy atom. The van der Waals surface area contributed by atoms with Crippen LogP contribution >= 0.6 is 23.1 Å². The molecule has 0 aliphatic carbocycles. The normalized spacial score (nSPS) is 14.4. The van der Waals surface area contributed by atoms with Gasteiger partial charge in [-0.3, -0.25) is 4.79 Å². The van der Waals surface area contributed by atoms with E-state index < -0.39 is 0 Å². The minimum absolute atomic E-state index is 0.0884. The van der Waals surface area contributed by atoms with Gasteiger partial charge in [0.25, 0.3) is 5.91 Å². The predicted octanol–water partition coefficient (Wildman–Crippen LogP) is 1.88. The Morgan fingerprint density at radius 3 is 3.12 bits per heavy atom. The van der Waals surface area contributed by atoms with Crippen molar-refractivity contribution in [3.05, 3.63) is 21.4 Å². The lowest BCUT2D eigenvalue weighted by atomic mass is 10.2. The number of nitrogens with one attached hydrogen (secondary N) is 2. The van der Waals surface area contributed by atoms with Gasteiger partial charge in [0, 0.05) is 17.2 Å². The standard InChI is InChI=1S/C12H18N2OS2/c1-13-4-2-5-14-12(15)11-7-9-8-16-6-3-10(9)17-11/h7,13H,2-6,8H2,1H3,(H,14,15). The van der Waals surface area contributed by atoms with Gasteiger partial charge in [-0.15, -0.1) is 11.3 Å². The first-order valence-electron chi connectivity index (χ1n) is 5.93. The summed E-state index contributed by atoms with van der Waals surface area (Å²) in [7, 11) is 1.92. The molecule has 0 fully saturated rings. The second kappa shape index (κ2) is 6.42. The maximum absolute atomic E-state index is 11.9. The predicted molar refractivity (Wildman–Crippen MR) is 75.1 cm³/mol. The number of fused-ring (bicyclic) bond motifs is 1. The number of thiophene rings is 1. The largest absolute Gasteiger partial charge is 0.351 e. The van der Waals surface area contributed by atoms with Crippen LogP contribution in [-0.2, 0) is 12.2 Å². The van der Waals surface area contributed by atoms with E-state index in [9.17, 15) is 4.79 Å². The van der Waals surface area contributed by atoms with Crippen molar-refractivity contribution in [2.24, 2.45) is 0 Å². The molecule has 2 rings (SSSR count). The van der Waals surface area contributed by atoms with E-state index in [1.54, 1.807) is 11.3 Å². The van der Waals surface area contributed by atoms with Crippen molar-refractivity contribution < 1.29 is 4.79 Å². The van der Waals surface area contributed by atoms with Gasteiger partial charge in [0.05, 0.1) is 4.88 Å². The number of aryl methyl sites for hydroxylation is 1. The van der Waals surface area contributed by atoms with Crippen LogP contribution in [0.1, 0.15) is 26.5 Å². The fraction of sp³-hybridized carbons (Fsp3) is 0.583. The van der Waals surface area contributed by atoms with Crippen LogP contribution in [0, 0.1) is 0 Å². The lowest BCUT2D eigenvalue weighted by Gasteiger charge is -2.08. The number of amides is 1. The summed E-state index contributed by atoms with van der Waals surface area (Å²) in [5.41, 5.74) is 1.37. The van der Waals surface area contributed by atoms with E-state index in [1.807, 2.05) is 18.8 Å². The van der Waals surface area contributed by atoms with Gasteiger partial charge < -0.3 is 10.6 Å². The maximum Gasteiger partial charge on any atom is 0.261 e. The number of thioether (sulfide) groups is 1. The average molecular weight is 270 g/mol. The monoisotopic (exact) mass is 270 g/mol. The maximum atomic E-state index is 11.9. The van der Waals surface area contributed by atoms with Gasteiger partial charge in [0.2, 0.25) is 0 Å². The van der Waals surface area contributed by atoms with Crippen molar-refractivity contribution in [1.29, 1.82) is 0 Å². The zero-order valence-corrected chi connectivity index (χ0v) is 11.7. The second-order valence-electron chi connectivity index (χ2n) is 4.07. The van der Waals surface area contributed by atoms with Crippen LogP contribution in [-0.4, -0.2) is 31.8 Å². The van der Waals surface area contributed by atoms with Crippen molar-refractivity contribution in [1.82, 2.24) is 10.6 Å². The van der Waals surface area contributed by atoms with Crippen molar-refractivity contribution in [2.45, 2.75) is 18.6 Å². The third-order valence-electron chi connectivity index (χ3n) is 2.74. The molecule has 94 valence electrons. The summed E-state index contributed by atoms with van der Waals surface area (Å²) in [4.78, 5) is 14.2. The summed E-state index contributed by atoms with van der Waals surface area (Å²) < 4.78 is 0. The van der Waals surface area contributed by atoms with Crippen LogP contribution in [0.15, 0.2) is 6.07 Å². The minimum atomic E-state index is 0.0884. The van der Waals surface area contributed by atoms with Crippen LogP contribution in [0.5, 0.6) is 0 Å². The Balaban J connectivity index is 1.88. The van der Waals surface area contributed by atoms with E-state index in [-0.39, 0.29) is 5.91 Å². The molecule has 0 unspecified atom stereocenters. The SMILES string of the molecule is CNCCCNC(=O)c1cc2c(s1)CCSC2. The molecule has 0 saturated carbocycles. The van der Waals surface area contributed by atoms with Gasteiger partial charge in [-0.2, -0.15) is 11.8 Å². The minimum Gasteiger partial charge on any atom is -0.351 e. The first-order valence-corrected chi connectivity index (χ1v) is 7.90. The molecule has 2 heterocycles. The van der Waals surface area contributed by atoms with Crippen LogP contribution in [0.4, 0.5) is 0 Å². The number of carbonyl (C=O) groups excluding carboxylic acids is 1. The molecule has 3 nitrogen and oxygen atoms in total. The summed E-state index contributed by atoms with van der Waals surface area (Å²) in [6, 6.07) is 2.07. The number of hydrogen-bond acceptors (Lipinski definition) is 4. The lowest BCUT2D eigenvalue weighted by Crippen LogP contribution is -2.25. The van der Waals surface area contributed by atoms with Crippen LogP contribution in [0.2, 0.25) is 0 Å². The molecule has 5 heteroatoms. The fourth-order valence-corrected chi connectivity index (χ4v) is 4.10. The number of hydrogen-bond donors (Lipinski definition) is 2. The van der Waals surface area contributed by atoms with E-state index in [4.69, 9.17) is 0 Å². The van der Waals surface area contributed by atoms with Gasteiger partial charge in [-0.05, 0) is 43.8 Å². The highest BCUT2D eigenvalue weighted by molar-refractivity contribution is 7.98. The van der Waals surface area contributed by atoms with Gasteiger partial charge in [0.1, 0.15) is 0 Å². The third-order valence-corrected chi connectivity index (χ3v) is 4.98. The molecule has 1 aliphatic rings. The fourth-order valence-electron chi connectivity index (χ4n) is 1.81. The summed E-state index contributed by atoms with van der Waals surface area (Å²) >= 11 is 3.62. The van der Waals surface area contributed by atoms with E-state index >= 15 is 0 Å². The summed E-state index contributed by atoms with van der Waals surface area (Å²) in [6.45, 7) is 1.69. The second-order valence-corrected chi connectivity index (χ2v) is 6.32. The average Bonchev–Trinajstić information content (AvgIpc) is 2.78. The summed E-state index contributed by atoms with van der Waals surface area (Å²) in [5, 5.41) is 6.04. The Morgan fingerprint density at radius 1 is 1.47 bits per heavy atom. The molecule has 1 aliphatic heterocycles. The zero-order valence-electron chi connectivity index (χ0n) is 10.0. The van der Waals surface area contributed by atoms with Crippen molar-refractivity contribution >= 4 is 29.0 Å². The van der Waals surface area contributed by atoms with Gasteiger partial charge in [-0.25, -0.2) is 0 Å². The van der Waals surface area contributed by atoms with Crippen molar-refractivity contribution in [3.63, 3.8) is 0 Å². The third kappa shape index (κ3) is 3.47. The Bertz CT molecular complexity index is 366. The van der Waals surface area contributed by atoms with Crippen LogP contribution < -0.4 is 10.6 Å². The van der Waals surface area contributed by atoms with Gasteiger partial charge >= 0.3 is 0 Å². The Hall–Kier alpha value is -0.520. The van der Waals surface area contributed by atoms with Crippen LogP contribution in [0.25, 0.3) is 0 Å². The molecule has 0 bridgehead atoms. The zero-order chi connectivity index (χ0) is 12.1. The van der Waals surface area contributed by atoms with Gasteiger partial charge in [0.15, 0.2) is 0 Å². The quantitative estimate of drug-likeness (QED) is 0.803. The highest BCUT2D eigenvalue weighted by atomic mass is 32.2. The molecule has 0 saturated heterocycles.